The van der Waals surface area contributed by atoms with E-state index >= 15 is 0 Å². The van der Waals surface area contributed by atoms with E-state index < -0.39 is 5.54 Å². The molecule has 210 valence electrons. The molecule has 39 heavy (non-hydrogen) atoms. The zero-order chi connectivity index (χ0) is 27.4. The number of aromatic nitrogens is 1. The predicted octanol–water partition coefficient (Wildman–Crippen LogP) is 3.34. The lowest BCUT2D eigenvalue weighted by Gasteiger charge is -2.44. The fourth-order valence-electron chi connectivity index (χ4n) is 6.98. The lowest BCUT2D eigenvalue weighted by atomic mass is 9.77. The van der Waals surface area contributed by atoms with Crippen LogP contribution < -0.4 is 15.8 Å². The minimum atomic E-state index is -0.653. The molecule has 3 atom stereocenters. The van der Waals surface area contributed by atoms with Crippen molar-refractivity contribution in [2.75, 3.05) is 31.2 Å². The quantitative estimate of drug-likeness (QED) is 0.621. The van der Waals surface area contributed by atoms with Crippen molar-refractivity contribution in [3.63, 3.8) is 0 Å². The number of piperidine rings is 1. The molecular weight excluding hydrogens is 492 g/mol. The summed E-state index contributed by atoms with van der Waals surface area (Å²) in [6.45, 7) is 11.3. The van der Waals surface area contributed by atoms with Gasteiger partial charge in [-0.05, 0) is 57.1 Å². The van der Waals surface area contributed by atoms with Gasteiger partial charge in [0.05, 0.1) is 13.2 Å². The van der Waals surface area contributed by atoms with Gasteiger partial charge >= 0.3 is 0 Å². The van der Waals surface area contributed by atoms with Crippen LogP contribution in [0.4, 0.5) is 5.69 Å². The number of hydrogen-bond donors (Lipinski definition) is 2. The summed E-state index contributed by atoms with van der Waals surface area (Å²) in [6, 6.07) is 10.7. The van der Waals surface area contributed by atoms with Crippen molar-refractivity contribution in [3.05, 3.63) is 47.7 Å². The molecule has 3 saturated heterocycles. The SMILES string of the molecule is Cc1oc(C(C)(C)C)nc1CN1CN(c2ccccc2)C2(CCN(C(=O)C3CCC4NNCC4C3)CC2)C1=O. The molecule has 2 aromatic rings. The number of carbonyl (C=O) groups is 2. The van der Waals surface area contributed by atoms with Crippen LogP contribution in [0.25, 0.3) is 0 Å². The van der Waals surface area contributed by atoms with Crippen LogP contribution in [0.1, 0.15) is 70.2 Å². The standard InChI is InChI=1S/C30H42N6O3/c1-20-25(32-27(39-20)29(2,3)4)18-35-19-36(23-8-6-5-7-9-23)30(28(35)38)12-14-34(15-13-30)26(37)21-10-11-24-22(16-21)17-31-33-24/h5-9,21-22,24,31,33H,10-19H2,1-4H3. The molecule has 1 saturated carbocycles. The normalized spacial score (nSPS) is 26.9. The number of para-hydroxylation sites is 1. The molecule has 0 radical (unpaired) electrons. The predicted molar refractivity (Wildman–Crippen MR) is 149 cm³/mol. The summed E-state index contributed by atoms with van der Waals surface area (Å²) in [5, 5.41) is 0. The maximum absolute atomic E-state index is 14.2. The highest BCUT2D eigenvalue weighted by Gasteiger charge is 2.54. The van der Waals surface area contributed by atoms with Gasteiger partial charge in [-0.2, -0.15) is 0 Å². The Kier molecular flexibility index (Phi) is 6.70. The first-order valence-electron chi connectivity index (χ1n) is 14.5. The number of hydrazine groups is 1. The zero-order valence-corrected chi connectivity index (χ0v) is 23.7. The summed E-state index contributed by atoms with van der Waals surface area (Å²) in [6.07, 6.45) is 4.19. The number of carbonyl (C=O) groups excluding carboxylic acids is 2. The molecule has 4 heterocycles. The van der Waals surface area contributed by atoms with Crippen LogP contribution in [0.5, 0.6) is 0 Å². The highest BCUT2D eigenvalue weighted by atomic mass is 16.4. The molecule has 1 aliphatic carbocycles. The Balaban J connectivity index is 1.20. The van der Waals surface area contributed by atoms with Crippen LogP contribution in [0, 0.1) is 18.8 Å². The lowest BCUT2D eigenvalue weighted by Crippen LogP contribution is -2.58. The number of rotatable bonds is 4. The topological polar surface area (TPSA) is 94.0 Å². The molecule has 1 spiro atoms. The number of anilines is 1. The van der Waals surface area contributed by atoms with Gasteiger partial charge in [0, 0.05) is 42.7 Å². The molecule has 9 heteroatoms. The Morgan fingerprint density at radius 3 is 2.59 bits per heavy atom. The first-order valence-corrected chi connectivity index (χ1v) is 14.5. The van der Waals surface area contributed by atoms with Crippen molar-refractivity contribution < 1.29 is 14.0 Å². The monoisotopic (exact) mass is 534 g/mol. The number of hydrogen-bond acceptors (Lipinski definition) is 7. The molecule has 0 bridgehead atoms. The number of nitrogens with zero attached hydrogens (tertiary/aromatic N) is 4. The Labute approximate surface area is 231 Å². The van der Waals surface area contributed by atoms with Gasteiger partial charge in [-0.1, -0.05) is 39.0 Å². The number of fused-ring (bicyclic) bond motifs is 1. The van der Waals surface area contributed by atoms with Crippen LogP contribution in [-0.4, -0.2) is 64.5 Å². The molecule has 1 aromatic carbocycles. The smallest absolute Gasteiger partial charge is 0.250 e. The first-order chi connectivity index (χ1) is 18.7. The second-order valence-electron chi connectivity index (χ2n) is 12.9. The van der Waals surface area contributed by atoms with E-state index in [-0.39, 0.29) is 23.1 Å². The fraction of sp³-hybridized carbons (Fsp3) is 0.633. The summed E-state index contributed by atoms with van der Waals surface area (Å²) in [5.74, 6) is 2.49. The molecule has 9 nitrogen and oxygen atoms in total. The molecule has 4 aliphatic rings. The van der Waals surface area contributed by atoms with E-state index in [1.54, 1.807) is 0 Å². The van der Waals surface area contributed by atoms with Crippen LogP contribution in [0.2, 0.25) is 0 Å². The minimum absolute atomic E-state index is 0.0927. The Morgan fingerprint density at radius 1 is 1.15 bits per heavy atom. The van der Waals surface area contributed by atoms with Gasteiger partial charge in [0.2, 0.25) is 11.8 Å². The second kappa shape index (κ2) is 9.93. The average Bonchev–Trinajstić information content (AvgIpc) is 3.62. The second-order valence-corrected chi connectivity index (χ2v) is 12.9. The first kappa shape index (κ1) is 26.3. The van der Waals surface area contributed by atoms with Crippen molar-refractivity contribution in [3.8, 4) is 0 Å². The Bertz CT molecular complexity index is 1210. The van der Waals surface area contributed by atoms with Crippen molar-refractivity contribution in [2.45, 2.75) is 83.3 Å². The summed E-state index contributed by atoms with van der Waals surface area (Å²) < 4.78 is 5.98. The molecule has 3 unspecified atom stereocenters. The van der Waals surface area contributed by atoms with Gasteiger partial charge in [-0.15, -0.1) is 0 Å². The van der Waals surface area contributed by atoms with E-state index in [4.69, 9.17) is 9.40 Å². The maximum atomic E-state index is 14.2. The van der Waals surface area contributed by atoms with Crippen LogP contribution in [-0.2, 0) is 21.5 Å². The van der Waals surface area contributed by atoms with Gasteiger partial charge in [0.25, 0.3) is 0 Å². The van der Waals surface area contributed by atoms with Crippen molar-refractivity contribution in [1.82, 2.24) is 25.6 Å². The summed E-state index contributed by atoms with van der Waals surface area (Å²) in [7, 11) is 0. The molecule has 4 fully saturated rings. The molecular formula is C30H42N6O3. The van der Waals surface area contributed by atoms with Gasteiger partial charge in [0.1, 0.15) is 17.0 Å². The van der Waals surface area contributed by atoms with Crippen LogP contribution in [0.15, 0.2) is 34.7 Å². The van der Waals surface area contributed by atoms with Crippen molar-refractivity contribution in [2.24, 2.45) is 11.8 Å². The van der Waals surface area contributed by atoms with Crippen LogP contribution >= 0.6 is 0 Å². The number of likely N-dealkylation sites (tertiary alicyclic amines) is 1. The number of amides is 2. The number of oxazole rings is 1. The van der Waals surface area contributed by atoms with Gasteiger partial charge < -0.3 is 19.1 Å². The van der Waals surface area contributed by atoms with Crippen molar-refractivity contribution in [1.29, 1.82) is 0 Å². The van der Waals surface area contributed by atoms with E-state index in [0.717, 1.165) is 42.9 Å². The van der Waals surface area contributed by atoms with E-state index in [1.807, 2.05) is 34.9 Å². The van der Waals surface area contributed by atoms with E-state index in [2.05, 4.69) is 48.7 Å². The molecule has 2 amide bonds. The third-order valence-corrected chi connectivity index (χ3v) is 9.34. The van der Waals surface area contributed by atoms with Gasteiger partial charge in [-0.3, -0.25) is 20.4 Å². The highest BCUT2D eigenvalue weighted by Crippen LogP contribution is 2.41. The average molecular weight is 535 g/mol. The maximum Gasteiger partial charge on any atom is 0.250 e. The molecule has 2 N–H and O–H groups in total. The van der Waals surface area contributed by atoms with E-state index in [9.17, 15) is 9.59 Å². The Hall–Kier alpha value is -2.91. The summed E-state index contributed by atoms with van der Waals surface area (Å²) >= 11 is 0. The van der Waals surface area contributed by atoms with Crippen LogP contribution in [0.3, 0.4) is 0 Å². The Morgan fingerprint density at radius 2 is 1.90 bits per heavy atom. The van der Waals surface area contributed by atoms with E-state index in [1.165, 1.54) is 0 Å². The summed E-state index contributed by atoms with van der Waals surface area (Å²) in [4.78, 5) is 38.8. The number of aryl methyl sites for hydroxylation is 1. The van der Waals surface area contributed by atoms with Gasteiger partial charge in [0.15, 0.2) is 5.89 Å². The molecule has 6 rings (SSSR count). The lowest BCUT2D eigenvalue weighted by molar-refractivity contribution is -0.142. The molecule has 3 aliphatic heterocycles. The minimum Gasteiger partial charge on any atom is -0.445 e. The molecule has 1 aromatic heterocycles. The largest absolute Gasteiger partial charge is 0.445 e. The number of nitrogens with one attached hydrogen (secondary N) is 2. The van der Waals surface area contributed by atoms with Crippen molar-refractivity contribution >= 4 is 17.5 Å². The number of benzene rings is 1. The third kappa shape index (κ3) is 4.73. The van der Waals surface area contributed by atoms with E-state index in [0.29, 0.717) is 57.0 Å². The highest BCUT2D eigenvalue weighted by molar-refractivity contribution is 5.94. The third-order valence-electron chi connectivity index (χ3n) is 9.34. The van der Waals surface area contributed by atoms with Gasteiger partial charge in [-0.25, -0.2) is 4.98 Å². The zero-order valence-electron chi connectivity index (χ0n) is 23.7. The fourth-order valence-corrected chi connectivity index (χ4v) is 6.98. The summed E-state index contributed by atoms with van der Waals surface area (Å²) in [5.41, 5.74) is 7.63.